The van der Waals surface area contributed by atoms with Gasteiger partial charge in [0.2, 0.25) is 0 Å². The van der Waals surface area contributed by atoms with Crippen molar-refractivity contribution in [2.75, 3.05) is 32.8 Å². The van der Waals surface area contributed by atoms with E-state index in [-0.39, 0.29) is 0 Å². The van der Waals surface area contributed by atoms with Gasteiger partial charge in [-0.3, -0.25) is 9.88 Å². The van der Waals surface area contributed by atoms with Crippen molar-refractivity contribution in [2.45, 2.75) is 19.5 Å². The number of rotatable bonds is 5. The number of nitrogens with zero attached hydrogens (tertiary/aromatic N) is 2. The molecule has 4 heteroatoms. The smallest absolute Gasteiger partial charge is 0.0619 e. The fourth-order valence-electron chi connectivity index (χ4n) is 2.83. The van der Waals surface area contributed by atoms with Gasteiger partial charge < -0.3 is 10.1 Å². The molecule has 112 valence electrons. The van der Waals surface area contributed by atoms with Gasteiger partial charge >= 0.3 is 0 Å². The molecule has 21 heavy (non-hydrogen) atoms. The number of benzene rings is 1. The Balaban J connectivity index is 1.58. The number of hydrogen-bond donors (Lipinski definition) is 1. The third-order valence-corrected chi connectivity index (χ3v) is 4.01. The average Bonchev–Trinajstić information content (AvgIpc) is 2.54. The summed E-state index contributed by atoms with van der Waals surface area (Å²) in [5.74, 6) is 0. The van der Waals surface area contributed by atoms with Crippen LogP contribution >= 0.6 is 0 Å². The number of ether oxygens (including phenoxy) is 1. The van der Waals surface area contributed by atoms with Crippen molar-refractivity contribution >= 4 is 10.8 Å². The maximum atomic E-state index is 5.39. The van der Waals surface area contributed by atoms with Crippen LogP contribution in [0, 0.1) is 0 Å². The van der Waals surface area contributed by atoms with Crippen LogP contribution in [0.1, 0.15) is 12.6 Å². The first kappa shape index (κ1) is 14.4. The Kier molecular flexibility index (Phi) is 4.80. The lowest BCUT2D eigenvalue weighted by molar-refractivity contribution is 0.0343. The van der Waals surface area contributed by atoms with Gasteiger partial charge in [-0.25, -0.2) is 0 Å². The number of hydrogen-bond acceptors (Lipinski definition) is 4. The SMILES string of the molecule is CC(CN1CCOCC1)NCc1nccc2ccccc12. The second-order valence-electron chi connectivity index (χ2n) is 5.67. The van der Waals surface area contributed by atoms with Crippen molar-refractivity contribution in [3.05, 3.63) is 42.2 Å². The highest BCUT2D eigenvalue weighted by Gasteiger charge is 2.13. The minimum Gasteiger partial charge on any atom is -0.379 e. The van der Waals surface area contributed by atoms with E-state index in [9.17, 15) is 0 Å². The van der Waals surface area contributed by atoms with Crippen molar-refractivity contribution in [2.24, 2.45) is 0 Å². The Bertz CT molecular complexity index is 576. The van der Waals surface area contributed by atoms with Crippen LogP contribution in [0.25, 0.3) is 10.8 Å². The maximum Gasteiger partial charge on any atom is 0.0619 e. The van der Waals surface area contributed by atoms with E-state index in [0.717, 1.165) is 45.1 Å². The quantitative estimate of drug-likeness (QED) is 0.912. The molecule has 0 saturated carbocycles. The molecule has 0 radical (unpaired) electrons. The molecule has 1 fully saturated rings. The molecule has 0 bridgehead atoms. The summed E-state index contributed by atoms with van der Waals surface area (Å²) in [6, 6.07) is 10.9. The van der Waals surface area contributed by atoms with Crippen LogP contribution in [0.2, 0.25) is 0 Å². The molecule has 0 amide bonds. The first-order valence-electron chi connectivity index (χ1n) is 7.69. The average molecular weight is 285 g/mol. The number of nitrogens with one attached hydrogen (secondary N) is 1. The number of fused-ring (bicyclic) bond motifs is 1. The van der Waals surface area contributed by atoms with Crippen molar-refractivity contribution in [1.82, 2.24) is 15.2 Å². The molecule has 4 nitrogen and oxygen atoms in total. The van der Waals surface area contributed by atoms with Gasteiger partial charge in [-0.05, 0) is 18.4 Å². The molecule has 1 N–H and O–H groups in total. The third kappa shape index (κ3) is 3.79. The lowest BCUT2D eigenvalue weighted by Gasteiger charge is -2.29. The highest BCUT2D eigenvalue weighted by Crippen LogP contribution is 2.16. The van der Waals surface area contributed by atoms with E-state index in [1.807, 2.05) is 6.20 Å². The summed E-state index contributed by atoms with van der Waals surface area (Å²) in [5.41, 5.74) is 1.13. The summed E-state index contributed by atoms with van der Waals surface area (Å²) in [4.78, 5) is 6.99. The zero-order valence-corrected chi connectivity index (χ0v) is 12.6. The van der Waals surface area contributed by atoms with Gasteiger partial charge in [0.25, 0.3) is 0 Å². The second-order valence-corrected chi connectivity index (χ2v) is 5.67. The standard InChI is InChI=1S/C17H23N3O/c1-14(13-20-8-10-21-11-9-20)19-12-17-16-5-3-2-4-15(16)6-7-18-17/h2-7,14,19H,8-13H2,1H3. The number of morpholine rings is 1. The van der Waals surface area contributed by atoms with Gasteiger partial charge in [0.15, 0.2) is 0 Å². The van der Waals surface area contributed by atoms with Crippen LogP contribution in [-0.2, 0) is 11.3 Å². The summed E-state index contributed by atoms with van der Waals surface area (Å²) >= 11 is 0. The molecule has 1 unspecified atom stereocenters. The van der Waals surface area contributed by atoms with Crippen LogP contribution in [0.5, 0.6) is 0 Å². The summed E-state index contributed by atoms with van der Waals surface area (Å²) in [6.07, 6.45) is 1.89. The van der Waals surface area contributed by atoms with Crippen LogP contribution in [0.4, 0.5) is 0 Å². The van der Waals surface area contributed by atoms with Crippen molar-refractivity contribution in [3.63, 3.8) is 0 Å². The molecule has 0 spiro atoms. The molecule has 1 aliphatic heterocycles. The van der Waals surface area contributed by atoms with Gasteiger partial charge in [0.1, 0.15) is 0 Å². The second kappa shape index (κ2) is 6.98. The zero-order chi connectivity index (χ0) is 14.5. The Morgan fingerprint density at radius 3 is 2.90 bits per heavy atom. The lowest BCUT2D eigenvalue weighted by atomic mass is 10.1. The molecule has 1 saturated heterocycles. The fraction of sp³-hybridized carbons (Fsp3) is 0.471. The normalized spacial score (nSPS) is 18.0. The molecule has 0 aliphatic carbocycles. The maximum absolute atomic E-state index is 5.39. The zero-order valence-electron chi connectivity index (χ0n) is 12.6. The minimum atomic E-state index is 0.448. The van der Waals surface area contributed by atoms with Gasteiger partial charge in [-0.1, -0.05) is 24.3 Å². The first-order valence-corrected chi connectivity index (χ1v) is 7.69. The van der Waals surface area contributed by atoms with E-state index < -0.39 is 0 Å². The van der Waals surface area contributed by atoms with Crippen LogP contribution in [-0.4, -0.2) is 48.8 Å². The molecule has 1 aromatic carbocycles. The van der Waals surface area contributed by atoms with E-state index in [1.165, 1.54) is 10.8 Å². The van der Waals surface area contributed by atoms with Crippen LogP contribution in [0.3, 0.4) is 0 Å². The van der Waals surface area contributed by atoms with Gasteiger partial charge in [-0.2, -0.15) is 0 Å². The number of pyridine rings is 1. The van der Waals surface area contributed by atoms with Crippen molar-refractivity contribution in [1.29, 1.82) is 0 Å². The van der Waals surface area contributed by atoms with Crippen LogP contribution in [0.15, 0.2) is 36.5 Å². The summed E-state index contributed by atoms with van der Waals surface area (Å²) in [6.45, 7) is 7.91. The topological polar surface area (TPSA) is 37.4 Å². The fourth-order valence-corrected chi connectivity index (χ4v) is 2.83. The van der Waals surface area contributed by atoms with Crippen molar-refractivity contribution < 1.29 is 4.74 Å². The predicted molar refractivity (Wildman–Crippen MR) is 85.3 cm³/mol. The van der Waals surface area contributed by atoms with Crippen LogP contribution < -0.4 is 5.32 Å². The van der Waals surface area contributed by atoms with E-state index in [0.29, 0.717) is 6.04 Å². The largest absolute Gasteiger partial charge is 0.379 e. The molecule has 2 aromatic rings. The third-order valence-electron chi connectivity index (χ3n) is 4.01. The molecular formula is C17H23N3O. The highest BCUT2D eigenvalue weighted by atomic mass is 16.5. The van der Waals surface area contributed by atoms with E-state index in [4.69, 9.17) is 4.74 Å². The van der Waals surface area contributed by atoms with E-state index in [1.54, 1.807) is 0 Å². The van der Waals surface area contributed by atoms with Gasteiger partial charge in [0, 0.05) is 43.8 Å². The molecule has 1 atom stereocenters. The number of aromatic nitrogens is 1. The predicted octanol–water partition coefficient (Wildman–Crippen LogP) is 2.05. The Morgan fingerprint density at radius 2 is 2.05 bits per heavy atom. The minimum absolute atomic E-state index is 0.448. The lowest BCUT2D eigenvalue weighted by Crippen LogP contribution is -2.44. The molecule has 1 aromatic heterocycles. The summed E-state index contributed by atoms with van der Waals surface area (Å²) in [7, 11) is 0. The van der Waals surface area contributed by atoms with Gasteiger partial charge in [-0.15, -0.1) is 0 Å². The molecule has 2 heterocycles. The highest BCUT2D eigenvalue weighted by molar-refractivity contribution is 5.84. The van der Waals surface area contributed by atoms with E-state index >= 15 is 0 Å². The first-order chi connectivity index (χ1) is 10.3. The Morgan fingerprint density at radius 1 is 1.24 bits per heavy atom. The summed E-state index contributed by atoms with van der Waals surface area (Å²) in [5, 5.41) is 6.09. The molecule has 1 aliphatic rings. The Hall–Kier alpha value is -1.49. The monoisotopic (exact) mass is 285 g/mol. The van der Waals surface area contributed by atoms with Crippen molar-refractivity contribution in [3.8, 4) is 0 Å². The van der Waals surface area contributed by atoms with Gasteiger partial charge in [0.05, 0.1) is 18.9 Å². The summed E-state index contributed by atoms with van der Waals surface area (Å²) < 4.78 is 5.39. The molecule has 3 rings (SSSR count). The van der Waals surface area contributed by atoms with E-state index in [2.05, 4.69) is 52.5 Å². The Labute approximate surface area is 126 Å². The molecular weight excluding hydrogens is 262 g/mol.